The van der Waals surface area contributed by atoms with Crippen molar-refractivity contribution in [2.75, 3.05) is 6.61 Å². The van der Waals surface area contributed by atoms with Crippen LogP contribution in [-0.2, 0) is 4.74 Å². The predicted molar refractivity (Wildman–Crippen MR) is 105 cm³/mol. The second kappa shape index (κ2) is 8.05. The first-order chi connectivity index (χ1) is 11.8. The number of allylic oxidation sites excluding steroid dienone is 2. The van der Waals surface area contributed by atoms with E-state index in [0.717, 1.165) is 24.8 Å². The molecular weight excluding hydrogens is 332 g/mol. The fourth-order valence-electron chi connectivity index (χ4n) is 3.58. The van der Waals surface area contributed by atoms with Crippen LogP contribution in [0, 0.1) is 17.3 Å². The van der Waals surface area contributed by atoms with E-state index in [9.17, 15) is 4.79 Å². The maximum absolute atomic E-state index is 12.2. The Morgan fingerprint density at radius 2 is 2.00 bits per heavy atom. The number of carbonyl (C=O) groups excluding carboxylic acids is 1. The molecule has 1 aromatic carbocycles. The van der Waals surface area contributed by atoms with Crippen molar-refractivity contribution in [1.29, 1.82) is 0 Å². The lowest BCUT2D eigenvalue weighted by Gasteiger charge is -2.44. The molecule has 25 heavy (non-hydrogen) atoms. The van der Waals surface area contributed by atoms with Gasteiger partial charge in [0.1, 0.15) is 6.61 Å². The van der Waals surface area contributed by atoms with Crippen LogP contribution in [0.25, 0.3) is 0 Å². The summed E-state index contributed by atoms with van der Waals surface area (Å²) in [5, 5.41) is 0.593. The molecule has 0 amide bonds. The maximum Gasteiger partial charge on any atom is 0.338 e. The fraction of sp³-hybridized carbons (Fsp3) is 0.409. The number of hydrogen-bond acceptors (Lipinski definition) is 2. The molecule has 1 aromatic rings. The van der Waals surface area contributed by atoms with Gasteiger partial charge in [0.05, 0.1) is 5.56 Å². The smallest absolute Gasteiger partial charge is 0.338 e. The van der Waals surface area contributed by atoms with Crippen LogP contribution in [0.3, 0.4) is 0 Å². The minimum absolute atomic E-state index is 0.0181. The molecule has 2 rings (SSSR count). The average molecular weight is 359 g/mol. The second-order valence-electron chi connectivity index (χ2n) is 7.32. The highest BCUT2D eigenvalue weighted by Gasteiger charge is 2.39. The van der Waals surface area contributed by atoms with Gasteiger partial charge in [0.25, 0.3) is 0 Å². The van der Waals surface area contributed by atoms with E-state index in [1.165, 1.54) is 5.57 Å². The Bertz CT molecular complexity index is 674. The van der Waals surface area contributed by atoms with Gasteiger partial charge in [0.2, 0.25) is 0 Å². The zero-order chi connectivity index (χ0) is 18.6. The van der Waals surface area contributed by atoms with E-state index in [1.807, 2.05) is 6.08 Å². The summed E-state index contributed by atoms with van der Waals surface area (Å²) in [6, 6.07) is 6.69. The standard InChI is InChI=1S/C22H27ClO2/c1-6-22(5)12-11-18(15(2)3)13-20(22)16(4)14-25-21(24)17-7-9-19(23)10-8-17/h6-10,18,20H,1-2,4,11-14H2,3,5H3/t18-,20+,22-/m1/s1. The van der Waals surface area contributed by atoms with Gasteiger partial charge in [-0.1, -0.05) is 43.3 Å². The van der Waals surface area contributed by atoms with Gasteiger partial charge in [-0.2, -0.15) is 0 Å². The van der Waals surface area contributed by atoms with Crippen molar-refractivity contribution in [1.82, 2.24) is 0 Å². The molecule has 1 saturated carbocycles. The summed E-state index contributed by atoms with van der Waals surface area (Å²) in [5.74, 6) is 0.366. The first-order valence-corrected chi connectivity index (χ1v) is 9.04. The van der Waals surface area contributed by atoms with Crippen LogP contribution in [0.4, 0.5) is 0 Å². The lowest BCUT2D eigenvalue weighted by atomic mass is 9.61. The van der Waals surface area contributed by atoms with E-state index in [0.29, 0.717) is 16.5 Å². The Morgan fingerprint density at radius 3 is 2.56 bits per heavy atom. The van der Waals surface area contributed by atoms with Crippen molar-refractivity contribution in [2.45, 2.75) is 33.1 Å². The minimum Gasteiger partial charge on any atom is -0.458 e. The molecule has 0 radical (unpaired) electrons. The van der Waals surface area contributed by atoms with Crippen LogP contribution < -0.4 is 0 Å². The van der Waals surface area contributed by atoms with Crippen LogP contribution in [0.1, 0.15) is 43.5 Å². The van der Waals surface area contributed by atoms with Crippen molar-refractivity contribution in [3.05, 3.63) is 71.8 Å². The van der Waals surface area contributed by atoms with Gasteiger partial charge in [0, 0.05) is 5.02 Å². The summed E-state index contributed by atoms with van der Waals surface area (Å²) in [7, 11) is 0. The van der Waals surface area contributed by atoms with E-state index >= 15 is 0 Å². The Labute approximate surface area is 156 Å². The lowest BCUT2D eigenvalue weighted by molar-refractivity contribution is 0.0509. The van der Waals surface area contributed by atoms with Crippen LogP contribution in [-0.4, -0.2) is 12.6 Å². The molecular formula is C22H27ClO2. The Morgan fingerprint density at radius 1 is 1.36 bits per heavy atom. The second-order valence-corrected chi connectivity index (χ2v) is 7.76. The van der Waals surface area contributed by atoms with Crippen LogP contribution in [0.15, 0.2) is 61.2 Å². The summed E-state index contributed by atoms with van der Waals surface area (Å²) < 4.78 is 5.48. The van der Waals surface area contributed by atoms with Crippen LogP contribution >= 0.6 is 11.6 Å². The zero-order valence-corrected chi connectivity index (χ0v) is 15.9. The lowest BCUT2D eigenvalue weighted by Crippen LogP contribution is -2.35. The molecule has 0 N–H and O–H groups in total. The normalized spacial score (nSPS) is 25.9. The number of halogens is 1. The fourth-order valence-corrected chi connectivity index (χ4v) is 3.71. The van der Waals surface area contributed by atoms with Gasteiger partial charge < -0.3 is 4.74 Å². The number of rotatable bonds is 6. The predicted octanol–water partition coefficient (Wildman–Crippen LogP) is 6.24. The number of carbonyl (C=O) groups is 1. The molecule has 1 fully saturated rings. The summed E-state index contributed by atoms with van der Waals surface area (Å²) >= 11 is 5.85. The molecule has 3 atom stereocenters. The van der Waals surface area contributed by atoms with Crippen molar-refractivity contribution in [3.63, 3.8) is 0 Å². The molecule has 0 aromatic heterocycles. The summed E-state index contributed by atoms with van der Waals surface area (Å²) in [6.07, 6.45) is 5.17. The minimum atomic E-state index is -0.356. The molecule has 134 valence electrons. The molecule has 0 spiro atoms. The number of ether oxygens (including phenoxy) is 1. The highest BCUT2D eigenvalue weighted by atomic mass is 35.5. The molecule has 2 nitrogen and oxygen atoms in total. The van der Waals surface area contributed by atoms with E-state index < -0.39 is 0 Å². The third-order valence-corrected chi connectivity index (χ3v) is 5.72. The highest BCUT2D eigenvalue weighted by molar-refractivity contribution is 6.30. The Kier molecular flexibility index (Phi) is 6.29. The Balaban J connectivity index is 2.03. The largest absolute Gasteiger partial charge is 0.458 e. The van der Waals surface area contributed by atoms with Gasteiger partial charge in [-0.15, -0.1) is 6.58 Å². The number of benzene rings is 1. The van der Waals surface area contributed by atoms with Gasteiger partial charge >= 0.3 is 5.97 Å². The van der Waals surface area contributed by atoms with Crippen molar-refractivity contribution >= 4 is 17.6 Å². The SMILES string of the molecule is C=C[C@]1(C)CC[C@@H](C(=C)C)C[C@H]1C(=C)COC(=O)c1ccc(Cl)cc1. The molecule has 0 saturated heterocycles. The van der Waals surface area contributed by atoms with Gasteiger partial charge in [0.15, 0.2) is 0 Å². The molecule has 0 heterocycles. The molecule has 0 unspecified atom stereocenters. The summed E-state index contributed by atoms with van der Waals surface area (Å²) in [5.41, 5.74) is 2.63. The molecule has 1 aliphatic carbocycles. The Hall–Kier alpha value is -1.80. The number of hydrogen-bond donors (Lipinski definition) is 0. The van der Waals surface area contributed by atoms with Gasteiger partial charge in [-0.3, -0.25) is 0 Å². The maximum atomic E-state index is 12.2. The van der Waals surface area contributed by atoms with E-state index in [-0.39, 0.29) is 23.9 Å². The van der Waals surface area contributed by atoms with E-state index in [1.54, 1.807) is 24.3 Å². The third-order valence-electron chi connectivity index (χ3n) is 5.47. The average Bonchev–Trinajstić information content (AvgIpc) is 2.60. The first-order valence-electron chi connectivity index (χ1n) is 8.66. The van der Waals surface area contributed by atoms with Gasteiger partial charge in [-0.05, 0) is 73.3 Å². The van der Waals surface area contributed by atoms with E-state index in [2.05, 4.69) is 33.6 Å². The summed E-state index contributed by atoms with van der Waals surface area (Å²) in [4.78, 5) is 12.2. The first kappa shape index (κ1) is 19.5. The van der Waals surface area contributed by atoms with Crippen molar-refractivity contribution < 1.29 is 9.53 Å². The van der Waals surface area contributed by atoms with Crippen molar-refractivity contribution in [2.24, 2.45) is 17.3 Å². The van der Waals surface area contributed by atoms with E-state index in [4.69, 9.17) is 16.3 Å². The third kappa shape index (κ3) is 4.64. The molecule has 0 bridgehead atoms. The van der Waals surface area contributed by atoms with Crippen LogP contribution in [0.5, 0.6) is 0 Å². The molecule has 3 heteroatoms. The van der Waals surface area contributed by atoms with Crippen LogP contribution in [0.2, 0.25) is 5.02 Å². The quantitative estimate of drug-likeness (QED) is 0.444. The monoisotopic (exact) mass is 358 g/mol. The molecule has 1 aliphatic rings. The topological polar surface area (TPSA) is 26.3 Å². The highest BCUT2D eigenvalue weighted by Crippen LogP contribution is 2.48. The van der Waals surface area contributed by atoms with Crippen molar-refractivity contribution in [3.8, 4) is 0 Å². The summed E-state index contributed by atoms with van der Waals surface area (Å²) in [6.45, 7) is 16.9. The van der Waals surface area contributed by atoms with Gasteiger partial charge in [-0.25, -0.2) is 4.79 Å². The molecule has 0 aliphatic heterocycles. The zero-order valence-electron chi connectivity index (χ0n) is 15.2. The number of esters is 1.